The highest BCUT2D eigenvalue weighted by molar-refractivity contribution is 7.86. The van der Waals surface area contributed by atoms with Crippen LogP contribution in [0, 0.1) is 5.92 Å². The summed E-state index contributed by atoms with van der Waals surface area (Å²) in [6.07, 6.45) is 9.11. The number of amides is 1. The second-order valence-corrected chi connectivity index (χ2v) is 10.9. The van der Waals surface area contributed by atoms with Crippen molar-refractivity contribution in [1.82, 2.24) is 18.4 Å². The fourth-order valence-electron chi connectivity index (χ4n) is 4.96. The van der Waals surface area contributed by atoms with Gasteiger partial charge in [-0.25, -0.2) is 0 Å². The molecule has 1 saturated carbocycles. The van der Waals surface area contributed by atoms with E-state index in [1.54, 1.807) is 8.61 Å². The Morgan fingerprint density at radius 2 is 1.46 bits per heavy atom. The standard InChI is InChI=1S/C20H36N4O3S/c25-20-8-7-19(9-14-22(20)17-18-5-6-18)21-10-4-13-24(16-15-21)28(26,27)23-11-2-1-3-12-23/h18-19H,1-17H2. The summed E-state index contributed by atoms with van der Waals surface area (Å²) in [6, 6.07) is 0.408. The molecule has 0 bridgehead atoms. The van der Waals surface area contributed by atoms with E-state index in [2.05, 4.69) is 9.80 Å². The molecule has 4 aliphatic rings. The van der Waals surface area contributed by atoms with Crippen LogP contribution in [0.4, 0.5) is 0 Å². The van der Waals surface area contributed by atoms with Gasteiger partial charge in [0.2, 0.25) is 5.91 Å². The monoisotopic (exact) mass is 412 g/mol. The number of rotatable bonds is 5. The van der Waals surface area contributed by atoms with E-state index in [0.717, 1.165) is 70.6 Å². The number of carbonyl (C=O) groups excluding carboxylic acids is 1. The Balaban J connectivity index is 1.32. The molecule has 0 spiro atoms. The third kappa shape index (κ3) is 4.89. The third-order valence-electron chi connectivity index (χ3n) is 6.93. The van der Waals surface area contributed by atoms with Crippen molar-refractivity contribution in [2.45, 2.75) is 63.8 Å². The zero-order chi connectivity index (χ0) is 19.6. The molecule has 7 nitrogen and oxygen atoms in total. The van der Waals surface area contributed by atoms with Gasteiger partial charge in [0.15, 0.2) is 0 Å². The van der Waals surface area contributed by atoms with Crippen molar-refractivity contribution in [2.24, 2.45) is 5.92 Å². The summed E-state index contributed by atoms with van der Waals surface area (Å²) in [5, 5.41) is 0. The predicted octanol–water partition coefficient (Wildman–Crippen LogP) is 1.52. The van der Waals surface area contributed by atoms with E-state index in [1.165, 1.54) is 12.8 Å². The van der Waals surface area contributed by atoms with Gasteiger partial charge in [-0.1, -0.05) is 6.42 Å². The number of carbonyl (C=O) groups is 1. The molecule has 8 heteroatoms. The summed E-state index contributed by atoms with van der Waals surface area (Å²) < 4.78 is 29.4. The van der Waals surface area contributed by atoms with E-state index in [0.29, 0.717) is 44.5 Å². The molecule has 1 unspecified atom stereocenters. The van der Waals surface area contributed by atoms with Crippen LogP contribution in [0.2, 0.25) is 0 Å². The van der Waals surface area contributed by atoms with E-state index in [9.17, 15) is 13.2 Å². The fraction of sp³-hybridized carbons (Fsp3) is 0.950. The lowest BCUT2D eigenvalue weighted by molar-refractivity contribution is -0.130. The van der Waals surface area contributed by atoms with E-state index in [4.69, 9.17) is 0 Å². The second-order valence-electron chi connectivity index (χ2n) is 9.02. The number of nitrogens with zero attached hydrogens (tertiary/aromatic N) is 4. The first-order valence-electron chi connectivity index (χ1n) is 11.3. The lowest BCUT2D eigenvalue weighted by Crippen LogP contribution is -2.47. The van der Waals surface area contributed by atoms with Crippen LogP contribution in [-0.2, 0) is 15.0 Å². The molecular weight excluding hydrogens is 376 g/mol. The maximum atomic E-state index is 13.0. The number of hydrogen-bond acceptors (Lipinski definition) is 4. The quantitative estimate of drug-likeness (QED) is 0.687. The fourth-order valence-corrected chi connectivity index (χ4v) is 6.68. The van der Waals surface area contributed by atoms with Crippen LogP contribution in [0.15, 0.2) is 0 Å². The maximum absolute atomic E-state index is 13.0. The summed E-state index contributed by atoms with van der Waals surface area (Å²) >= 11 is 0. The molecular formula is C20H36N4O3S. The second kappa shape index (κ2) is 8.98. The van der Waals surface area contributed by atoms with Gasteiger partial charge >= 0.3 is 0 Å². The molecule has 0 aromatic heterocycles. The van der Waals surface area contributed by atoms with Gasteiger partial charge in [0.05, 0.1) is 0 Å². The van der Waals surface area contributed by atoms with Gasteiger partial charge < -0.3 is 4.90 Å². The average Bonchev–Trinajstić information content (AvgIpc) is 3.54. The lowest BCUT2D eigenvalue weighted by Gasteiger charge is -2.32. The molecule has 1 amide bonds. The minimum atomic E-state index is -3.32. The Kier molecular flexibility index (Phi) is 6.60. The van der Waals surface area contributed by atoms with Crippen LogP contribution in [0.3, 0.4) is 0 Å². The van der Waals surface area contributed by atoms with Gasteiger partial charge in [-0.2, -0.15) is 17.0 Å². The largest absolute Gasteiger partial charge is 0.342 e. The van der Waals surface area contributed by atoms with E-state index < -0.39 is 10.2 Å². The van der Waals surface area contributed by atoms with Crippen molar-refractivity contribution >= 4 is 16.1 Å². The zero-order valence-electron chi connectivity index (χ0n) is 17.1. The Morgan fingerprint density at radius 3 is 2.21 bits per heavy atom. The minimum Gasteiger partial charge on any atom is -0.342 e. The zero-order valence-corrected chi connectivity index (χ0v) is 17.9. The Bertz CT molecular complexity index is 646. The Morgan fingerprint density at radius 1 is 0.750 bits per heavy atom. The number of likely N-dealkylation sites (tertiary alicyclic amines) is 1. The summed E-state index contributed by atoms with van der Waals surface area (Å²) in [4.78, 5) is 17.0. The van der Waals surface area contributed by atoms with Gasteiger partial charge in [0, 0.05) is 58.3 Å². The van der Waals surface area contributed by atoms with Crippen molar-refractivity contribution in [3.05, 3.63) is 0 Å². The molecule has 4 rings (SSSR count). The topological polar surface area (TPSA) is 64.2 Å². The third-order valence-corrected chi connectivity index (χ3v) is 8.96. The van der Waals surface area contributed by atoms with Crippen LogP contribution in [0.1, 0.15) is 57.8 Å². The van der Waals surface area contributed by atoms with E-state index >= 15 is 0 Å². The van der Waals surface area contributed by atoms with Crippen LogP contribution in [-0.4, -0.2) is 91.1 Å². The first-order chi connectivity index (χ1) is 13.5. The van der Waals surface area contributed by atoms with Gasteiger partial charge in [-0.05, 0) is 57.4 Å². The van der Waals surface area contributed by atoms with Crippen LogP contribution in [0.25, 0.3) is 0 Å². The summed E-state index contributed by atoms with van der Waals surface area (Å²) in [6.45, 7) is 6.08. The van der Waals surface area contributed by atoms with Gasteiger partial charge in [0.25, 0.3) is 10.2 Å². The number of hydrogen-bond donors (Lipinski definition) is 0. The van der Waals surface area contributed by atoms with Crippen LogP contribution in [0.5, 0.6) is 0 Å². The molecule has 3 saturated heterocycles. The minimum absolute atomic E-state index is 0.318. The Hall–Kier alpha value is -0.700. The average molecular weight is 413 g/mol. The van der Waals surface area contributed by atoms with Crippen LogP contribution < -0.4 is 0 Å². The van der Waals surface area contributed by atoms with Crippen molar-refractivity contribution in [1.29, 1.82) is 0 Å². The molecule has 160 valence electrons. The first kappa shape index (κ1) is 20.6. The SMILES string of the molecule is O=C1CCC(N2CCCN(S(=O)(=O)N3CCCCC3)CC2)CCN1CC1CC1. The van der Waals surface area contributed by atoms with Crippen molar-refractivity contribution in [3.8, 4) is 0 Å². The van der Waals surface area contributed by atoms with Gasteiger partial charge in [0.1, 0.15) is 0 Å². The highest BCUT2D eigenvalue weighted by Gasteiger charge is 2.34. The lowest BCUT2D eigenvalue weighted by atomic mass is 10.1. The molecule has 0 aromatic carbocycles. The molecule has 3 aliphatic heterocycles. The molecule has 4 fully saturated rings. The van der Waals surface area contributed by atoms with Crippen molar-refractivity contribution in [3.63, 3.8) is 0 Å². The summed E-state index contributed by atoms with van der Waals surface area (Å²) in [5.41, 5.74) is 0. The molecule has 0 aromatic rings. The molecule has 3 heterocycles. The molecule has 1 atom stereocenters. The van der Waals surface area contributed by atoms with E-state index in [-0.39, 0.29) is 0 Å². The summed E-state index contributed by atoms with van der Waals surface area (Å²) in [7, 11) is -3.32. The summed E-state index contributed by atoms with van der Waals surface area (Å²) in [5.74, 6) is 1.06. The van der Waals surface area contributed by atoms with Crippen molar-refractivity contribution < 1.29 is 13.2 Å². The highest BCUT2D eigenvalue weighted by Crippen LogP contribution is 2.31. The van der Waals surface area contributed by atoms with Crippen molar-refractivity contribution in [2.75, 3.05) is 52.4 Å². The molecule has 1 aliphatic carbocycles. The molecule has 0 N–H and O–H groups in total. The molecule has 28 heavy (non-hydrogen) atoms. The smallest absolute Gasteiger partial charge is 0.282 e. The predicted molar refractivity (Wildman–Crippen MR) is 109 cm³/mol. The van der Waals surface area contributed by atoms with Gasteiger partial charge in [-0.15, -0.1) is 0 Å². The Labute approximate surface area is 170 Å². The number of piperidine rings is 1. The molecule has 0 radical (unpaired) electrons. The maximum Gasteiger partial charge on any atom is 0.282 e. The van der Waals surface area contributed by atoms with Crippen LogP contribution >= 0.6 is 0 Å². The van der Waals surface area contributed by atoms with Gasteiger partial charge in [-0.3, -0.25) is 9.69 Å². The first-order valence-corrected chi connectivity index (χ1v) is 12.7. The normalized spacial score (nSPS) is 30.2. The van der Waals surface area contributed by atoms with E-state index in [1.807, 2.05) is 0 Å². The highest BCUT2D eigenvalue weighted by atomic mass is 32.2.